The summed E-state index contributed by atoms with van der Waals surface area (Å²) in [5.41, 5.74) is 0.903. The van der Waals surface area contributed by atoms with E-state index in [1.165, 1.54) is 6.08 Å². The standard InChI is InChI=1S/C13H15NO3.Li/c1-3-11(15)14-9(2)12(17-13(14)16)10-7-5-4-6-8-10;/h3-9,12,15H,1-2H3;/q;+1/p-1/b11-3-;/t9-,12-;/m0./s1. The van der Waals surface area contributed by atoms with E-state index in [2.05, 4.69) is 0 Å². The molecule has 1 fully saturated rings. The number of amides is 1. The molecule has 5 heteroatoms. The summed E-state index contributed by atoms with van der Waals surface area (Å²) in [6, 6.07) is 9.15. The van der Waals surface area contributed by atoms with Crippen molar-refractivity contribution in [3.63, 3.8) is 0 Å². The van der Waals surface area contributed by atoms with Gasteiger partial charge in [0, 0.05) is 0 Å². The summed E-state index contributed by atoms with van der Waals surface area (Å²) in [7, 11) is 0. The van der Waals surface area contributed by atoms with E-state index in [-0.39, 0.29) is 36.9 Å². The van der Waals surface area contributed by atoms with Crippen LogP contribution in [-0.4, -0.2) is 17.0 Å². The van der Waals surface area contributed by atoms with Gasteiger partial charge in [-0.15, -0.1) is 0 Å². The minimum absolute atomic E-state index is 0. The first-order valence-electron chi connectivity index (χ1n) is 5.53. The zero-order chi connectivity index (χ0) is 12.4. The third kappa shape index (κ3) is 2.55. The van der Waals surface area contributed by atoms with E-state index in [4.69, 9.17) is 4.74 Å². The number of benzene rings is 1. The zero-order valence-corrected chi connectivity index (χ0v) is 10.8. The summed E-state index contributed by atoms with van der Waals surface area (Å²) in [5, 5.41) is 11.6. The molecule has 2 rings (SSSR count). The summed E-state index contributed by atoms with van der Waals surface area (Å²) < 4.78 is 5.24. The first kappa shape index (κ1) is 14.7. The topological polar surface area (TPSA) is 52.6 Å². The molecule has 0 bridgehead atoms. The van der Waals surface area contributed by atoms with Crippen LogP contribution in [0.5, 0.6) is 0 Å². The van der Waals surface area contributed by atoms with Crippen LogP contribution in [0, 0.1) is 0 Å². The number of allylic oxidation sites excluding steroid dienone is 1. The molecule has 1 saturated heterocycles. The minimum atomic E-state index is -0.575. The molecule has 1 aliphatic heterocycles. The number of nitrogens with zero attached hydrogens (tertiary/aromatic N) is 1. The Bertz CT molecular complexity index is 447. The van der Waals surface area contributed by atoms with Gasteiger partial charge in [0.15, 0.2) is 0 Å². The quantitative estimate of drug-likeness (QED) is 0.481. The molecule has 1 aromatic carbocycles. The number of carbonyl (C=O) groups is 1. The van der Waals surface area contributed by atoms with E-state index < -0.39 is 6.09 Å². The minimum Gasteiger partial charge on any atom is -0.860 e. The molecule has 0 aliphatic carbocycles. The van der Waals surface area contributed by atoms with Crippen molar-refractivity contribution in [2.24, 2.45) is 0 Å². The van der Waals surface area contributed by atoms with Crippen molar-refractivity contribution in [1.82, 2.24) is 4.90 Å². The third-order valence-electron chi connectivity index (χ3n) is 2.88. The van der Waals surface area contributed by atoms with Gasteiger partial charge in [-0.2, -0.15) is 0 Å². The molecule has 90 valence electrons. The van der Waals surface area contributed by atoms with Gasteiger partial charge in [-0.25, -0.2) is 4.79 Å². The smallest absolute Gasteiger partial charge is 0.860 e. The second kappa shape index (κ2) is 5.99. The van der Waals surface area contributed by atoms with Gasteiger partial charge >= 0.3 is 25.0 Å². The first-order valence-corrected chi connectivity index (χ1v) is 5.53. The van der Waals surface area contributed by atoms with Gasteiger partial charge in [0.1, 0.15) is 6.10 Å². The van der Waals surface area contributed by atoms with Gasteiger partial charge in [0.2, 0.25) is 0 Å². The number of hydrogen-bond donors (Lipinski definition) is 0. The second-order valence-electron chi connectivity index (χ2n) is 3.95. The Morgan fingerprint density at radius 1 is 1.39 bits per heavy atom. The summed E-state index contributed by atoms with van der Waals surface area (Å²) in [4.78, 5) is 12.8. The van der Waals surface area contributed by atoms with Crippen molar-refractivity contribution in [2.75, 3.05) is 0 Å². The molecule has 0 saturated carbocycles. The molecule has 0 aromatic heterocycles. The van der Waals surface area contributed by atoms with Crippen molar-refractivity contribution in [2.45, 2.75) is 26.0 Å². The van der Waals surface area contributed by atoms with Crippen LogP contribution in [0.2, 0.25) is 0 Å². The van der Waals surface area contributed by atoms with E-state index in [1.54, 1.807) is 6.92 Å². The molecule has 1 amide bonds. The molecule has 1 aromatic rings. The third-order valence-corrected chi connectivity index (χ3v) is 2.88. The van der Waals surface area contributed by atoms with E-state index >= 15 is 0 Å². The maximum atomic E-state index is 11.6. The average molecular weight is 239 g/mol. The van der Waals surface area contributed by atoms with Gasteiger partial charge in [-0.3, -0.25) is 4.90 Å². The van der Waals surface area contributed by atoms with Gasteiger partial charge in [-0.1, -0.05) is 36.4 Å². The molecule has 0 spiro atoms. The molecule has 18 heavy (non-hydrogen) atoms. The van der Waals surface area contributed by atoms with Gasteiger partial charge < -0.3 is 9.84 Å². The molecular formula is C13H14LiNO3. The Balaban J connectivity index is 0.00000162. The molecule has 0 unspecified atom stereocenters. The van der Waals surface area contributed by atoms with Crippen LogP contribution < -0.4 is 24.0 Å². The Morgan fingerprint density at radius 3 is 2.56 bits per heavy atom. The number of ether oxygens (including phenoxy) is 1. The van der Waals surface area contributed by atoms with E-state index in [9.17, 15) is 9.90 Å². The van der Waals surface area contributed by atoms with Crippen LogP contribution >= 0.6 is 0 Å². The van der Waals surface area contributed by atoms with E-state index in [1.807, 2.05) is 37.3 Å². The molecule has 1 aliphatic rings. The van der Waals surface area contributed by atoms with Crippen LogP contribution in [0.3, 0.4) is 0 Å². The van der Waals surface area contributed by atoms with Crippen molar-refractivity contribution < 1.29 is 33.5 Å². The van der Waals surface area contributed by atoms with Crippen LogP contribution in [0.25, 0.3) is 0 Å². The monoisotopic (exact) mass is 239 g/mol. The molecule has 0 radical (unpaired) electrons. The Labute approximate surface area is 118 Å². The predicted octanol–water partition coefficient (Wildman–Crippen LogP) is -1.21. The van der Waals surface area contributed by atoms with Crippen LogP contribution in [0.4, 0.5) is 4.79 Å². The fourth-order valence-electron chi connectivity index (χ4n) is 1.98. The maximum Gasteiger partial charge on any atom is 1.00 e. The largest absolute Gasteiger partial charge is 1.00 e. The fourth-order valence-corrected chi connectivity index (χ4v) is 1.98. The summed E-state index contributed by atoms with van der Waals surface area (Å²) in [6.45, 7) is 3.42. The van der Waals surface area contributed by atoms with Crippen molar-refractivity contribution in [3.05, 3.63) is 47.9 Å². The van der Waals surface area contributed by atoms with Crippen molar-refractivity contribution >= 4 is 6.09 Å². The number of cyclic esters (lactones) is 1. The van der Waals surface area contributed by atoms with Gasteiger partial charge in [0.25, 0.3) is 0 Å². The first-order chi connectivity index (χ1) is 8.15. The normalized spacial score (nSPS) is 23.6. The molecule has 4 nitrogen and oxygen atoms in total. The molecule has 0 N–H and O–H groups in total. The number of carbonyl (C=O) groups excluding carboxylic acids is 1. The molecular weight excluding hydrogens is 225 g/mol. The Kier molecular flexibility index (Phi) is 4.89. The van der Waals surface area contributed by atoms with Gasteiger partial charge in [0.05, 0.1) is 6.04 Å². The summed E-state index contributed by atoms with van der Waals surface area (Å²) in [6.07, 6.45) is 0.410. The van der Waals surface area contributed by atoms with Crippen molar-refractivity contribution in [3.8, 4) is 0 Å². The second-order valence-corrected chi connectivity index (χ2v) is 3.95. The van der Waals surface area contributed by atoms with Crippen LogP contribution in [0.1, 0.15) is 25.5 Å². The van der Waals surface area contributed by atoms with E-state index in [0.29, 0.717) is 0 Å². The van der Waals surface area contributed by atoms with Crippen LogP contribution in [-0.2, 0) is 4.74 Å². The van der Waals surface area contributed by atoms with E-state index in [0.717, 1.165) is 10.5 Å². The Hall–Kier alpha value is -1.37. The molecule has 1 heterocycles. The zero-order valence-electron chi connectivity index (χ0n) is 10.8. The summed E-state index contributed by atoms with van der Waals surface area (Å²) >= 11 is 0. The van der Waals surface area contributed by atoms with Gasteiger partial charge in [-0.05, 0) is 25.3 Å². The maximum absolute atomic E-state index is 11.6. The predicted molar refractivity (Wildman–Crippen MR) is 60.7 cm³/mol. The van der Waals surface area contributed by atoms with Crippen LogP contribution in [0.15, 0.2) is 42.3 Å². The number of rotatable bonds is 2. The SMILES string of the molecule is C/C=C(\[O-])N1C(=O)O[C@H](c2ccccc2)[C@@H]1C.[Li+]. The molecule has 2 atom stereocenters. The number of hydrogen-bond acceptors (Lipinski definition) is 3. The van der Waals surface area contributed by atoms with Crippen molar-refractivity contribution in [1.29, 1.82) is 0 Å². The average Bonchev–Trinajstić information content (AvgIpc) is 2.65. The summed E-state index contributed by atoms with van der Waals surface area (Å²) in [5.74, 6) is -0.319. The fraction of sp³-hybridized carbons (Fsp3) is 0.308. The Morgan fingerprint density at radius 2 is 2.00 bits per heavy atom.